The van der Waals surface area contributed by atoms with Gasteiger partial charge in [-0.1, -0.05) is 30.3 Å². The molecule has 0 aliphatic carbocycles. The second-order valence-electron chi connectivity index (χ2n) is 5.25. The number of aromatic nitrogens is 1. The first kappa shape index (κ1) is 15.2. The minimum absolute atomic E-state index is 0.455. The van der Waals surface area contributed by atoms with Gasteiger partial charge in [0.05, 0.1) is 11.8 Å². The van der Waals surface area contributed by atoms with Gasteiger partial charge in [0.25, 0.3) is 0 Å². The summed E-state index contributed by atoms with van der Waals surface area (Å²) >= 11 is 1.40. The van der Waals surface area contributed by atoms with Crippen LogP contribution in [-0.4, -0.2) is 4.98 Å². The zero-order valence-electron chi connectivity index (χ0n) is 13.0. The maximum atomic E-state index is 9.49. The zero-order valence-corrected chi connectivity index (χ0v) is 13.9. The third-order valence-electron chi connectivity index (χ3n) is 3.60. The van der Waals surface area contributed by atoms with Gasteiger partial charge in [-0.05, 0) is 24.3 Å². The standard InChI is InChI=1S/C20H12N2O2S/c21-12-15(20-22-17(13-25-20)19-7-4-10-23-19)11-16-8-9-18(24-16)14-5-2-1-3-6-14/h1-11,13H. The third-order valence-corrected chi connectivity index (χ3v) is 4.48. The molecule has 0 saturated heterocycles. The zero-order chi connectivity index (χ0) is 17.1. The molecule has 1 aromatic carbocycles. The molecule has 0 radical (unpaired) electrons. The quantitative estimate of drug-likeness (QED) is 0.444. The highest BCUT2D eigenvalue weighted by atomic mass is 32.1. The summed E-state index contributed by atoms with van der Waals surface area (Å²) < 4.78 is 11.2. The van der Waals surface area contributed by atoms with Gasteiger partial charge in [-0.25, -0.2) is 4.98 Å². The van der Waals surface area contributed by atoms with E-state index in [4.69, 9.17) is 8.83 Å². The largest absolute Gasteiger partial charge is 0.463 e. The van der Waals surface area contributed by atoms with Gasteiger partial charge < -0.3 is 8.83 Å². The van der Waals surface area contributed by atoms with Crippen molar-refractivity contribution in [2.24, 2.45) is 0 Å². The van der Waals surface area contributed by atoms with E-state index in [-0.39, 0.29) is 0 Å². The fraction of sp³-hybridized carbons (Fsp3) is 0. The van der Waals surface area contributed by atoms with Crippen LogP contribution in [0.2, 0.25) is 0 Å². The Hall–Kier alpha value is -3.36. The lowest BCUT2D eigenvalue weighted by Crippen LogP contribution is -1.81. The molecule has 0 atom stereocenters. The Morgan fingerprint density at radius 2 is 1.92 bits per heavy atom. The Labute approximate surface area is 148 Å². The minimum atomic E-state index is 0.455. The van der Waals surface area contributed by atoms with Crippen LogP contribution in [0.4, 0.5) is 0 Å². The number of benzene rings is 1. The van der Waals surface area contributed by atoms with Gasteiger partial charge in [0.15, 0.2) is 5.76 Å². The van der Waals surface area contributed by atoms with Gasteiger partial charge in [0.2, 0.25) is 0 Å². The van der Waals surface area contributed by atoms with Crippen molar-refractivity contribution >= 4 is 23.0 Å². The number of allylic oxidation sites excluding steroid dienone is 1. The third kappa shape index (κ3) is 3.16. The number of nitrogens with zero attached hydrogens (tertiary/aromatic N) is 2. The molecular weight excluding hydrogens is 332 g/mol. The Balaban J connectivity index is 1.64. The van der Waals surface area contributed by atoms with Crippen molar-refractivity contribution in [2.75, 3.05) is 0 Å². The van der Waals surface area contributed by atoms with E-state index in [1.54, 1.807) is 12.3 Å². The molecule has 4 nitrogen and oxygen atoms in total. The van der Waals surface area contributed by atoms with Gasteiger partial charge in [-0.3, -0.25) is 0 Å². The number of hydrogen-bond donors (Lipinski definition) is 0. The van der Waals surface area contributed by atoms with Gasteiger partial charge in [-0.2, -0.15) is 5.26 Å². The molecule has 3 aromatic heterocycles. The molecule has 0 fully saturated rings. The van der Waals surface area contributed by atoms with Crippen molar-refractivity contribution in [3.8, 4) is 28.8 Å². The van der Waals surface area contributed by atoms with Crippen LogP contribution in [0.5, 0.6) is 0 Å². The molecule has 0 aliphatic heterocycles. The summed E-state index contributed by atoms with van der Waals surface area (Å²) in [5, 5.41) is 12.0. The van der Waals surface area contributed by atoms with E-state index < -0.39 is 0 Å². The molecule has 0 aliphatic rings. The number of nitriles is 1. The summed E-state index contributed by atoms with van der Waals surface area (Å²) in [4.78, 5) is 4.48. The minimum Gasteiger partial charge on any atom is -0.463 e. The Morgan fingerprint density at radius 1 is 1.04 bits per heavy atom. The van der Waals surface area contributed by atoms with Gasteiger partial charge in [0.1, 0.15) is 28.3 Å². The Bertz CT molecular complexity index is 1050. The SMILES string of the molecule is N#CC(=Cc1ccc(-c2ccccc2)o1)c1nc(-c2ccco2)cs1. The molecule has 0 saturated carbocycles. The number of rotatable bonds is 4. The highest BCUT2D eigenvalue weighted by molar-refractivity contribution is 7.11. The topological polar surface area (TPSA) is 63.0 Å². The van der Waals surface area contributed by atoms with Gasteiger partial charge in [0, 0.05) is 17.0 Å². The molecule has 4 aromatic rings. The molecule has 0 bridgehead atoms. The Kier molecular flexibility index (Phi) is 4.03. The van der Waals surface area contributed by atoms with Crippen LogP contribution in [0.25, 0.3) is 34.4 Å². The van der Waals surface area contributed by atoms with Crippen molar-refractivity contribution in [3.63, 3.8) is 0 Å². The van der Waals surface area contributed by atoms with Crippen LogP contribution in [0.3, 0.4) is 0 Å². The first-order valence-corrected chi connectivity index (χ1v) is 8.48. The smallest absolute Gasteiger partial charge is 0.153 e. The van der Waals surface area contributed by atoms with Crippen molar-refractivity contribution < 1.29 is 8.83 Å². The highest BCUT2D eigenvalue weighted by Crippen LogP contribution is 2.29. The van der Waals surface area contributed by atoms with Crippen LogP contribution >= 0.6 is 11.3 Å². The van der Waals surface area contributed by atoms with E-state index >= 15 is 0 Å². The van der Waals surface area contributed by atoms with Crippen molar-refractivity contribution in [1.82, 2.24) is 4.98 Å². The van der Waals surface area contributed by atoms with Gasteiger partial charge >= 0.3 is 0 Å². The van der Waals surface area contributed by atoms with Crippen LogP contribution in [0.15, 0.2) is 75.1 Å². The first-order valence-electron chi connectivity index (χ1n) is 7.60. The van der Waals surface area contributed by atoms with E-state index in [0.29, 0.717) is 22.1 Å². The molecule has 4 rings (SSSR count). The second kappa shape index (κ2) is 6.63. The van der Waals surface area contributed by atoms with Crippen LogP contribution < -0.4 is 0 Å². The number of hydrogen-bond acceptors (Lipinski definition) is 5. The number of thiazole rings is 1. The summed E-state index contributed by atoms with van der Waals surface area (Å²) in [5.74, 6) is 2.06. The van der Waals surface area contributed by atoms with Crippen LogP contribution in [0.1, 0.15) is 10.8 Å². The maximum absolute atomic E-state index is 9.49. The molecule has 5 heteroatoms. The molecule has 0 spiro atoms. The van der Waals surface area contributed by atoms with Crippen LogP contribution in [-0.2, 0) is 0 Å². The lowest BCUT2D eigenvalue weighted by molar-refractivity contribution is 0.572. The fourth-order valence-electron chi connectivity index (χ4n) is 2.41. The lowest BCUT2D eigenvalue weighted by atomic mass is 10.2. The molecule has 25 heavy (non-hydrogen) atoms. The highest BCUT2D eigenvalue weighted by Gasteiger charge is 2.12. The average Bonchev–Trinajstić information content (AvgIpc) is 3.41. The average molecular weight is 344 g/mol. The van der Waals surface area contributed by atoms with Gasteiger partial charge in [-0.15, -0.1) is 11.3 Å². The summed E-state index contributed by atoms with van der Waals surface area (Å²) in [7, 11) is 0. The fourth-order valence-corrected chi connectivity index (χ4v) is 3.18. The monoisotopic (exact) mass is 344 g/mol. The number of furan rings is 2. The van der Waals surface area contributed by atoms with E-state index in [0.717, 1.165) is 17.0 Å². The van der Waals surface area contributed by atoms with Crippen molar-refractivity contribution in [3.05, 3.63) is 77.0 Å². The predicted molar refractivity (Wildman–Crippen MR) is 97.4 cm³/mol. The first-order chi connectivity index (χ1) is 12.3. The predicted octanol–water partition coefficient (Wildman–Crippen LogP) is 5.73. The molecule has 3 heterocycles. The normalized spacial score (nSPS) is 11.4. The van der Waals surface area contributed by atoms with E-state index in [2.05, 4.69) is 11.1 Å². The summed E-state index contributed by atoms with van der Waals surface area (Å²) in [6.45, 7) is 0. The van der Waals surface area contributed by atoms with E-state index in [1.807, 2.05) is 60.0 Å². The van der Waals surface area contributed by atoms with Crippen molar-refractivity contribution in [2.45, 2.75) is 0 Å². The lowest BCUT2D eigenvalue weighted by Gasteiger charge is -1.95. The Morgan fingerprint density at radius 3 is 2.68 bits per heavy atom. The second-order valence-corrected chi connectivity index (χ2v) is 6.11. The van der Waals surface area contributed by atoms with Crippen molar-refractivity contribution in [1.29, 1.82) is 5.26 Å². The van der Waals surface area contributed by atoms with Crippen LogP contribution in [0, 0.1) is 11.3 Å². The van der Waals surface area contributed by atoms with E-state index in [9.17, 15) is 5.26 Å². The summed E-state index contributed by atoms with van der Waals surface area (Å²) in [5.41, 5.74) is 2.17. The molecule has 0 amide bonds. The summed E-state index contributed by atoms with van der Waals surface area (Å²) in [6.07, 6.45) is 3.31. The molecular formula is C20H12N2O2S. The maximum Gasteiger partial charge on any atom is 0.153 e. The summed E-state index contributed by atoms with van der Waals surface area (Å²) in [6, 6.07) is 19.4. The molecule has 0 N–H and O–H groups in total. The molecule has 120 valence electrons. The molecule has 0 unspecified atom stereocenters. The van der Waals surface area contributed by atoms with E-state index in [1.165, 1.54) is 11.3 Å².